The highest BCUT2D eigenvalue weighted by Crippen LogP contribution is 2.22. The summed E-state index contributed by atoms with van der Waals surface area (Å²) in [7, 11) is 0. The largest absolute Gasteiger partial charge is 0.302 e. The average molecular weight is 252 g/mol. The number of hydrogen-bond donors (Lipinski definition) is 0. The summed E-state index contributed by atoms with van der Waals surface area (Å²) in [5.41, 5.74) is 0. The van der Waals surface area contributed by atoms with Gasteiger partial charge in [0.05, 0.1) is 0 Å². The van der Waals surface area contributed by atoms with Gasteiger partial charge < -0.3 is 4.90 Å². The van der Waals surface area contributed by atoms with Crippen LogP contribution in [0.25, 0.3) is 0 Å². The Bertz CT molecular complexity index is 217. The Kier molecular flexibility index (Phi) is 5.97. The first-order valence-electron chi connectivity index (χ1n) is 8.27. The lowest BCUT2D eigenvalue weighted by Crippen LogP contribution is -2.50. The second-order valence-electron chi connectivity index (χ2n) is 6.41. The molecule has 2 unspecified atom stereocenters. The molecular weight excluding hydrogens is 220 g/mol. The average Bonchev–Trinajstić information content (AvgIpc) is 2.46. The summed E-state index contributed by atoms with van der Waals surface area (Å²) in [6.45, 7) is 11.5. The number of likely N-dealkylation sites (tertiary alicyclic amines) is 2. The van der Waals surface area contributed by atoms with Crippen molar-refractivity contribution in [2.24, 2.45) is 5.92 Å². The maximum Gasteiger partial charge on any atom is 0.0248 e. The smallest absolute Gasteiger partial charge is 0.0248 e. The van der Waals surface area contributed by atoms with Crippen molar-refractivity contribution in [1.29, 1.82) is 0 Å². The first-order valence-corrected chi connectivity index (χ1v) is 8.27. The van der Waals surface area contributed by atoms with Crippen molar-refractivity contribution in [3.63, 3.8) is 0 Å². The van der Waals surface area contributed by atoms with Crippen LogP contribution < -0.4 is 0 Å². The molecule has 106 valence electrons. The van der Waals surface area contributed by atoms with Crippen LogP contribution >= 0.6 is 0 Å². The fraction of sp³-hybridized carbons (Fsp3) is 1.00. The zero-order valence-electron chi connectivity index (χ0n) is 12.5. The molecule has 0 aromatic carbocycles. The third-order valence-electron chi connectivity index (χ3n) is 5.05. The molecule has 2 saturated heterocycles. The van der Waals surface area contributed by atoms with Crippen molar-refractivity contribution >= 4 is 0 Å². The molecular formula is C16H32N2. The van der Waals surface area contributed by atoms with E-state index in [2.05, 4.69) is 23.6 Å². The predicted molar refractivity (Wildman–Crippen MR) is 79.0 cm³/mol. The van der Waals surface area contributed by atoms with E-state index in [4.69, 9.17) is 0 Å². The van der Waals surface area contributed by atoms with Gasteiger partial charge in [-0.3, -0.25) is 4.90 Å². The number of piperidine rings is 2. The quantitative estimate of drug-likeness (QED) is 0.740. The molecule has 0 spiro atoms. The SMILES string of the molecule is CCC(C)C(CN1CCCCC1)N1CCCCC1. The highest BCUT2D eigenvalue weighted by molar-refractivity contribution is 4.82. The highest BCUT2D eigenvalue weighted by atomic mass is 15.2. The van der Waals surface area contributed by atoms with Crippen molar-refractivity contribution in [3.05, 3.63) is 0 Å². The Hall–Kier alpha value is -0.0800. The molecule has 2 rings (SSSR count). The van der Waals surface area contributed by atoms with E-state index in [1.807, 2.05) is 0 Å². The Labute approximate surface area is 114 Å². The first-order chi connectivity index (χ1) is 8.81. The molecule has 2 heteroatoms. The van der Waals surface area contributed by atoms with E-state index in [9.17, 15) is 0 Å². The molecule has 0 amide bonds. The lowest BCUT2D eigenvalue weighted by molar-refractivity contribution is 0.0753. The standard InChI is InChI=1S/C16H32N2/c1-3-15(2)16(18-12-8-5-9-13-18)14-17-10-6-4-7-11-17/h15-16H,3-14H2,1-2H3. The number of nitrogens with zero attached hydrogens (tertiary/aromatic N) is 2. The molecule has 2 heterocycles. The minimum atomic E-state index is 0.813. The van der Waals surface area contributed by atoms with E-state index in [0.717, 1.165) is 12.0 Å². The predicted octanol–water partition coefficient (Wildman–Crippen LogP) is 3.37. The molecule has 2 aliphatic rings. The minimum Gasteiger partial charge on any atom is -0.302 e. The van der Waals surface area contributed by atoms with Crippen LogP contribution in [0, 0.1) is 5.92 Å². The summed E-state index contributed by atoms with van der Waals surface area (Å²) >= 11 is 0. The van der Waals surface area contributed by atoms with Crippen LogP contribution in [0.1, 0.15) is 58.8 Å². The molecule has 0 aromatic heterocycles. The van der Waals surface area contributed by atoms with Crippen molar-refractivity contribution in [2.75, 3.05) is 32.7 Å². The molecule has 2 fully saturated rings. The van der Waals surface area contributed by atoms with Crippen molar-refractivity contribution in [1.82, 2.24) is 9.80 Å². The van der Waals surface area contributed by atoms with E-state index >= 15 is 0 Å². The third kappa shape index (κ3) is 3.96. The van der Waals surface area contributed by atoms with Gasteiger partial charge in [0.2, 0.25) is 0 Å². The molecule has 0 radical (unpaired) electrons. The maximum atomic E-state index is 2.80. The first kappa shape index (κ1) is 14.3. The van der Waals surface area contributed by atoms with Crippen LogP contribution in [0.3, 0.4) is 0 Å². The molecule has 0 aromatic rings. The van der Waals surface area contributed by atoms with Crippen LogP contribution in [0.5, 0.6) is 0 Å². The van der Waals surface area contributed by atoms with Crippen molar-refractivity contribution in [3.8, 4) is 0 Å². The maximum absolute atomic E-state index is 2.80. The molecule has 0 bridgehead atoms. The van der Waals surface area contributed by atoms with E-state index in [0.29, 0.717) is 0 Å². The topological polar surface area (TPSA) is 6.48 Å². The van der Waals surface area contributed by atoms with Crippen molar-refractivity contribution in [2.45, 2.75) is 64.8 Å². The summed E-state index contributed by atoms with van der Waals surface area (Å²) in [5, 5.41) is 0. The van der Waals surface area contributed by atoms with E-state index < -0.39 is 0 Å². The van der Waals surface area contributed by atoms with Gasteiger partial charge in [0, 0.05) is 12.6 Å². The van der Waals surface area contributed by atoms with Gasteiger partial charge in [-0.1, -0.05) is 33.1 Å². The molecule has 18 heavy (non-hydrogen) atoms. The number of hydrogen-bond acceptors (Lipinski definition) is 2. The van der Waals surface area contributed by atoms with E-state index in [1.165, 1.54) is 77.7 Å². The van der Waals surface area contributed by atoms with Gasteiger partial charge in [0.15, 0.2) is 0 Å². The fourth-order valence-electron chi connectivity index (χ4n) is 3.58. The van der Waals surface area contributed by atoms with Gasteiger partial charge in [0.1, 0.15) is 0 Å². The van der Waals surface area contributed by atoms with Gasteiger partial charge in [-0.15, -0.1) is 0 Å². The fourth-order valence-corrected chi connectivity index (χ4v) is 3.58. The molecule has 2 atom stereocenters. The van der Waals surface area contributed by atoms with Gasteiger partial charge >= 0.3 is 0 Å². The lowest BCUT2D eigenvalue weighted by Gasteiger charge is -2.41. The Morgan fingerprint density at radius 3 is 1.94 bits per heavy atom. The van der Waals surface area contributed by atoms with Gasteiger partial charge in [-0.25, -0.2) is 0 Å². The zero-order chi connectivity index (χ0) is 12.8. The van der Waals surface area contributed by atoms with Crippen molar-refractivity contribution < 1.29 is 0 Å². The molecule has 2 aliphatic heterocycles. The molecule has 0 aliphatic carbocycles. The molecule has 0 saturated carbocycles. The molecule has 2 nitrogen and oxygen atoms in total. The lowest BCUT2D eigenvalue weighted by atomic mass is 9.94. The van der Waals surface area contributed by atoms with Crippen LogP contribution in [-0.2, 0) is 0 Å². The summed E-state index contributed by atoms with van der Waals surface area (Å²) < 4.78 is 0. The van der Waals surface area contributed by atoms with E-state index in [1.54, 1.807) is 0 Å². The summed E-state index contributed by atoms with van der Waals surface area (Å²) in [4.78, 5) is 5.53. The summed E-state index contributed by atoms with van der Waals surface area (Å²) in [6, 6.07) is 0.813. The second-order valence-corrected chi connectivity index (χ2v) is 6.41. The third-order valence-corrected chi connectivity index (χ3v) is 5.05. The van der Waals surface area contributed by atoms with Crippen LogP contribution in [0.15, 0.2) is 0 Å². The monoisotopic (exact) mass is 252 g/mol. The Morgan fingerprint density at radius 2 is 1.39 bits per heavy atom. The van der Waals surface area contributed by atoms with Gasteiger partial charge in [0.25, 0.3) is 0 Å². The normalized spacial score (nSPS) is 27.0. The van der Waals surface area contributed by atoms with E-state index in [-0.39, 0.29) is 0 Å². The zero-order valence-corrected chi connectivity index (χ0v) is 12.5. The Morgan fingerprint density at radius 1 is 0.833 bits per heavy atom. The second kappa shape index (κ2) is 7.49. The van der Waals surface area contributed by atoms with Crippen LogP contribution in [-0.4, -0.2) is 48.6 Å². The van der Waals surface area contributed by atoms with Gasteiger partial charge in [-0.2, -0.15) is 0 Å². The van der Waals surface area contributed by atoms with Gasteiger partial charge in [-0.05, 0) is 57.8 Å². The van der Waals surface area contributed by atoms with Crippen LogP contribution in [0.4, 0.5) is 0 Å². The highest BCUT2D eigenvalue weighted by Gasteiger charge is 2.27. The van der Waals surface area contributed by atoms with Crippen LogP contribution in [0.2, 0.25) is 0 Å². The minimum absolute atomic E-state index is 0.813. The molecule has 0 N–H and O–H groups in total. The summed E-state index contributed by atoms with van der Waals surface area (Å²) in [6.07, 6.45) is 9.93. The summed E-state index contributed by atoms with van der Waals surface area (Å²) in [5.74, 6) is 0.852. The number of rotatable bonds is 5. The Balaban J connectivity index is 1.90.